The zero-order chi connectivity index (χ0) is 14.3. The van der Waals surface area contributed by atoms with Crippen LogP contribution in [0, 0.1) is 0 Å². The third-order valence-corrected chi connectivity index (χ3v) is 2.97. The molecule has 4 nitrogen and oxygen atoms in total. The van der Waals surface area contributed by atoms with Gasteiger partial charge in [0.05, 0.1) is 23.8 Å². The van der Waals surface area contributed by atoms with Crippen molar-refractivity contribution in [2.75, 3.05) is 19.8 Å². The number of hydrogen-bond acceptors (Lipinski definition) is 4. The molecule has 108 valence electrons. The normalized spacial score (nSPS) is 10.8. The van der Waals surface area contributed by atoms with Crippen molar-refractivity contribution in [3.63, 3.8) is 0 Å². The Morgan fingerprint density at radius 2 is 1.95 bits per heavy atom. The topological polar surface area (TPSA) is 53.7 Å². The van der Waals surface area contributed by atoms with Gasteiger partial charge in [-0.2, -0.15) is 0 Å². The van der Waals surface area contributed by atoms with Gasteiger partial charge in [0.25, 0.3) is 0 Å². The summed E-state index contributed by atoms with van der Waals surface area (Å²) < 4.78 is 17.6. The predicted octanol–water partition coefficient (Wildman–Crippen LogP) is 3.11. The lowest BCUT2D eigenvalue weighted by atomic mass is 10.2. The van der Waals surface area contributed by atoms with Crippen LogP contribution in [0.1, 0.15) is 26.3 Å². The maximum Gasteiger partial charge on any atom is 0.175 e. The Labute approximate surface area is 123 Å². The van der Waals surface area contributed by atoms with Gasteiger partial charge in [0.2, 0.25) is 0 Å². The molecule has 0 atom stereocenters. The fourth-order valence-electron chi connectivity index (χ4n) is 1.57. The Morgan fingerprint density at radius 1 is 1.21 bits per heavy atom. The monoisotopic (exact) mass is 331 g/mol. The predicted molar refractivity (Wildman–Crippen MR) is 79.8 cm³/mol. The van der Waals surface area contributed by atoms with E-state index in [1.54, 1.807) is 0 Å². The van der Waals surface area contributed by atoms with Crippen LogP contribution < -0.4 is 15.2 Å². The molecule has 0 saturated heterocycles. The average molecular weight is 332 g/mol. The third kappa shape index (κ3) is 5.38. The van der Waals surface area contributed by atoms with Gasteiger partial charge in [0, 0.05) is 6.54 Å². The van der Waals surface area contributed by atoms with Crippen LogP contribution in [-0.2, 0) is 11.3 Å². The van der Waals surface area contributed by atoms with E-state index in [4.69, 9.17) is 19.9 Å². The van der Waals surface area contributed by atoms with E-state index >= 15 is 0 Å². The largest absolute Gasteiger partial charge is 0.490 e. The van der Waals surface area contributed by atoms with Gasteiger partial charge < -0.3 is 19.9 Å². The summed E-state index contributed by atoms with van der Waals surface area (Å²) in [4.78, 5) is 0. The molecule has 0 spiro atoms. The molecule has 2 N–H and O–H groups in total. The van der Waals surface area contributed by atoms with E-state index in [9.17, 15) is 0 Å². The van der Waals surface area contributed by atoms with Crippen LogP contribution in [0.25, 0.3) is 0 Å². The van der Waals surface area contributed by atoms with Gasteiger partial charge in [-0.1, -0.05) is 0 Å². The number of hydrogen-bond donors (Lipinski definition) is 1. The second-order valence-electron chi connectivity index (χ2n) is 4.31. The number of benzene rings is 1. The van der Waals surface area contributed by atoms with Crippen LogP contribution in [0.15, 0.2) is 16.6 Å². The van der Waals surface area contributed by atoms with Crippen molar-refractivity contribution in [2.24, 2.45) is 5.73 Å². The number of ether oxygens (including phenoxy) is 3. The van der Waals surface area contributed by atoms with E-state index in [1.165, 1.54) is 0 Å². The second kappa shape index (κ2) is 8.40. The fourth-order valence-corrected chi connectivity index (χ4v) is 2.17. The molecule has 0 unspecified atom stereocenters. The lowest BCUT2D eigenvalue weighted by Crippen LogP contribution is -2.12. The molecule has 1 aromatic rings. The lowest BCUT2D eigenvalue weighted by molar-refractivity contribution is 0.0544. The summed E-state index contributed by atoms with van der Waals surface area (Å²) in [5.74, 6) is 1.41. The van der Waals surface area contributed by atoms with Crippen molar-refractivity contribution in [3.8, 4) is 11.5 Å². The molecule has 0 aliphatic carbocycles. The molecular formula is C14H22BrNO3. The minimum Gasteiger partial charge on any atom is -0.490 e. The van der Waals surface area contributed by atoms with Gasteiger partial charge in [-0.15, -0.1) is 0 Å². The number of rotatable bonds is 8. The molecule has 0 bridgehead atoms. The first-order chi connectivity index (χ1) is 9.08. The Bertz CT molecular complexity index is 397. The van der Waals surface area contributed by atoms with Crippen molar-refractivity contribution in [1.29, 1.82) is 0 Å². The summed E-state index contributed by atoms with van der Waals surface area (Å²) >= 11 is 3.49. The molecule has 0 radical (unpaired) electrons. The maximum atomic E-state index is 5.73. The summed E-state index contributed by atoms with van der Waals surface area (Å²) in [6.07, 6.45) is 0.206. The van der Waals surface area contributed by atoms with Crippen molar-refractivity contribution in [2.45, 2.75) is 33.4 Å². The molecule has 0 aliphatic heterocycles. The molecule has 0 amide bonds. The summed E-state index contributed by atoms with van der Waals surface area (Å²) in [5, 5.41) is 0. The summed E-state index contributed by atoms with van der Waals surface area (Å²) in [5.41, 5.74) is 6.65. The van der Waals surface area contributed by atoms with Gasteiger partial charge in [-0.05, 0) is 54.4 Å². The van der Waals surface area contributed by atoms with Crippen LogP contribution in [0.5, 0.6) is 11.5 Å². The smallest absolute Gasteiger partial charge is 0.175 e. The van der Waals surface area contributed by atoms with Crippen molar-refractivity contribution in [1.82, 2.24) is 0 Å². The van der Waals surface area contributed by atoms with E-state index in [0.29, 0.717) is 37.9 Å². The first kappa shape index (κ1) is 16.3. The van der Waals surface area contributed by atoms with Gasteiger partial charge in [0.1, 0.15) is 6.61 Å². The minimum atomic E-state index is 0.206. The first-order valence-electron chi connectivity index (χ1n) is 6.48. The van der Waals surface area contributed by atoms with Crippen LogP contribution in [-0.4, -0.2) is 25.9 Å². The lowest BCUT2D eigenvalue weighted by Gasteiger charge is -2.15. The zero-order valence-corrected chi connectivity index (χ0v) is 13.3. The van der Waals surface area contributed by atoms with Gasteiger partial charge in [-0.25, -0.2) is 0 Å². The first-order valence-corrected chi connectivity index (χ1v) is 7.27. The van der Waals surface area contributed by atoms with Crippen molar-refractivity contribution < 1.29 is 14.2 Å². The highest BCUT2D eigenvalue weighted by Crippen LogP contribution is 2.36. The highest BCUT2D eigenvalue weighted by molar-refractivity contribution is 9.10. The molecule has 19 heavy (non-hydrogen) atoms. The Hall–Kier alpha value is -0.780. The molecule has 0 aliphatic rings. The summed E-state index contributed by atoms with van der Waals surface area (Å²) in [7, 11) is 0. The number of nitrogens with two attached hydrogens (primary N) is 1. The fraction of sp³-hybridized carbons (Fsp3) is 0.571. The average Bonchev–Trinajstić information content (AvgIpc) is 2.36. The summed E-state index contributed by atoms with van der Waals surface area (Å²) in [6, 6.07) is 3.86. The van der Waals surface area contributed by atoms with Gasteiger partial charge in [-0.3, -0.25) is 0 Å². The third-order valence-electron chi connectivity index (χ3n) is 2.39. The summed E-state index contributed by atoms with van der Waals surface area (Å²) in [6.45, 7) is 8.02. The minimum absolute atomic E-state index is 0.206. The molecule has 1 rings (SSSR count). The van der Waals surface area contributed by atoms with Crippen LogP contribution in [0.2, 0.25) is 0 Å². The highest BCUT2D eigenvalue weighted by Gasteiger charge is 2.11. The van der Waals surface area contributed by atoms with Crippen molar-refractivity contribution in [3.05, 3.63) is 22.2 Å². The molecule has 0 heterocycles. The van der Waals surface area contributed by atoms with E-state index in [2.05, 4.69) is 15.9 Å². The van der Waals surface area contributed by atoms with E-state index in [-0.39, 0.29) is 6.10 Å². The van der Waals surface area contributed by atoms with Crippen molar-refractivity contribution >= 4 is 15.9 Å². The van der Waals surface area contributed by atoms with E-state index in [1.807, 2.05) is 32.9 Å². The van der Waals surface area contributed by atoms with Crippen LogP contribution in [0.4, 0.5) is 0 Å². The molecule has 0 aromatic heterocycles. The molecular weight excluding hydrogens is 310 g/mol. The molecule has 0 fully saturated rings. The quantitative estimate of drug-likeness (QED) is 0.743. The second-order valence-corrected chi connectivity index (χ2v) is 5.16. The zero-order valence-electron chi connectivity index (χ0n) is 11.7. The van der Waals surface area contributed by atoms with Crippen LogP contribution in [0.3, 0.4) is 0 Å². The Morgan fingerprint density at radius 3 is 2.53 bits per heavy atom. The van der Waals surface area contributed by atoms with E-state index < -0.39 is 0 Å². The molecule has 0 saturated carbocycles. The Balaban J connectivity index is 2.74. The Kier molecular flexibility index (Phi) is 7.20. The maximum absolute atomic E-state index is 5.73. The standard InChI is InChI=1S/C14H22BrNO3/c1-4-17-13-8-11(9-16)7-12(15)14(13)19-6-5-18-10(2)3/h7-8,10H,4-6,9,16H2,1-3H3. The van der Waals surface area contributed by atoms with Gasteiger partial charge in [0.15, 0.2) is 11.5 Å². The van der Waals surface area contributed by atoms with Crippen LogP contribution >= 0.6 is 15.9 Å². The van der Waals surface area contributed by atoms with E-state index in [0.717, 1.165) is 10.0 Å². The highest BCUT2D eigenvalue weighted by atomic mass is 79.9. The SMILES string of the molecule is CCOc1cc(CN)cc(Br)c1OCCOC(C)C. The molecule has 1 aromatic carbocycles. The molecule has 5 heteroatoms. The number of halogens is 1. The van der Waals surface area contributed by atoms with Gasteiger partial charge >= 0.3 is 0 Å².